The lowest BCUT2D eigenvalue weighted by Crippen LogP contribution is -2.60. The maximum Gasteiger partial charge on any atom is 0.0478 e. The van der Waals surface area contributed by atoms with Crippen LogP contribution in [0.15, 0.2) is 0 Å². The second kappa shape index (κ2) is 3.97. The standard InChI is InChI=1S/C13H27N3/c1-11-8-13(9-14,10-15(11)4)16-7-5-6-12(16,2)3/h11H,5-10,14H2,1-4H3. The Morgan fingerprint density at radius 3 is 2.44 bits per heavy atom. The van der Waals surface area contributed by atoms with Crippen molar-refractivity contribution in [1.82, 2.24) is 9.80 Å². The Morgan fingerprint density at radius 2 is 2.06 bits per heavy atom. The molecule has 2 aliphatic rings. The molecule has 2 saturated heterocycles. The minimum Gasteiger partial charge on any atom is -0.329 e. The van der Waals surface area contributed by atoms with Gasteiger partial charge in [-0.1, -0.05) is 0 Å². The fourth-order valence-electron chi connectivity index (χ4n) is 3.83. The average Bonchev–Trinajstić information content (AvgIpc) is 2.69. The first-order valence-corrected chi connectivity index (χ1v) is 6.59. The molecule has 0 aromatic heterocycles. The van der Waals surface area contributed by atoms with Gasteiger partial charge in [-0.05, 0) is 53.6 Å². The van der Waals surface area contributed by atoms with Gasteiger partial charge in [-0.25, -0.2) is 0 Å². The van der Waals surface area contributed by atoms with Gasteiger partial charge in [-0.2, -0.15) is 0 Å². The van der Waals surface area contributed by atoms with Crippen LogP contribution in [-0.2, 0) is 0 Å². The average molecular weight is 225 g/mol. The molecule has 2 rings (SSSR count). The quantitative estimate of drug-likeness (QED) is 0.768. The SMILES string of the molecule is CC1CC(CN)(N2CCCC2(C)C)CN1C. The summed E-state index contributed by atoms with van der Waals surface area (Å²) < 4.78 is 0. The van der Waals surface area contributed by atoms with Gasteiger partial charge in [0.15, 0.2) is 0 Å². The van der Waals surface area contributed by atoms with E-state index >= 15 is 0 Å². The van der Waals surface area contributed by atoms with Gasteiger partial charge in [-0.3, -0.25) is 4.90 Å². The van der Waals surface area contributed by atoms with Gasteiger partial charge in [0.25, 0.3) is 0 Å². The van der Waals surface area contributed by atoms with Gasteiger partial charge in [0.1, 0.15) is 0 Å². The van der Waals surface area contributed by atoms with E-state index in [1.54, 1.807) is 0 Å². The molecule has 0 spiro atoms. The highest BCUT2D eigenvalue weighted by Gasteiger charge is 2.50. The summed E-state index contributed by atoms with van der Waals surface area (Å²) in [5.74, 6) is 0. The van der Waals surface area contributed by atoms with Crippen molar-refractivity contribution in [3.63, 3.8) is 0 Å². The molecule has 0 radical (unpaired) electrons. The van der Waals surface area contributed by atoms with E-state index in [2.05, 4.69) is 37.6 Å². The van der Waals surface area contributed by atoms with Crippen LogP contribution in [-0.4, -0.2) is 53.6 Å². The molecule has 0 aromatic rings. The van der Waals surface area contributed by atoms with E-state index in [1.165, 1.54) is 25.8 Å². The van der Waals surface area contributed by atoms with Gasteiger partial charge >= 0.3 is 0 Å². The molecule has 2 N–H and O–H groups in total. The molecule has 2 fully saturated rings. The Balaban J connectivity index is 2.23. The summed E-state index contributed by atoms with van der Waals surface area (Å²) >= 11 is 0. The Kier molecular flexibility index (Phi) is 3.06. The maximum absolute atomic E-state index is 6.13. The zero-order valence-corrected chi connectivity index (χ0v) is 11.3. The van der Waals surface area contributed by atoms with Gasteiger partial charge in [0.2, 0.25) is 0 Å². The van der Waals surface area contributed by atoms with Crippen LogP contribution in [0.2, 0.25) is 0 Å². The topological polar surface area (TPSA) is 32.5 Å². The van der Waals surface area contributed by atoms with Crippen molar-refractivity contribution in [2.45, 2.75) is 57.2 Å². The number of hydrogen-bond acceptors (Lipinski definition) is 3. The molecule has 3 heteroatoms. The molecule has 3 nitrogen and oxygen atoms in total. The van der Waals surface area contributed by atoms with Crippen molar-refractivity contribution in [3.05, 3.63) is 0 Å². The molecule has 0 bridgehead atoms. The van der Waals surface area contributed by atoms with Crippen LogP contribution in [0.1, 0.15) is 40.0 Å². The van der Waals surface area contributed by atoms with Gasteiger partial charge in [0.05, 0.1) is 0 Å². The molecule has 16 heavy (non-hydrogen) atoms. The predicted molar refractivity (Wildman–Crippen MR) is 68.5 cm³/mol. The number of rotatable bonds is 2. The van der Waals surface area contributed by atoms with Crippen molar-refractivity contribution in [1.29, 1.82) is 0 Å². The summed E-state index contributed by atoms with van der Waals surface area (Å²) in [5, 5.41) is 0. The molecule has 94 valence electrons. The van der Waals surface area contributed by atoms with Crippen LogP contribution < -0.4 is 5.73 Å². The second-order valence-electron chi connectivity index (χ2n) is 6.46. The largest absolute Gasteiger partial charge is 0.329 e. The molecule has 0 amide bonds. The molecule has 0 aromatic carbocycles. The van der Waals surface area contributed by atoms with Crippen molar-refractivity contribution in [2.24, 2.45) is 5.73 Å². The molecule has 0 aliphatic carbocycles. The summed E-state index contributed by atoms with van der Waals surface area (Å²) in [7, 11) is 2.23. The van der Waals surface area contributed by atoms with E-state index in [4.69, 9.17) is 5.73 Å². The summed E-state index contributed by atoms with van der Waals surface area (Å²) in [6, 6.07) is 0.667. The first kappa shape index (κ1) is 12.3. The smallest absolute Gasteiger partial charge is 0.0478 e. The summed E-state index contributed by atoms with van der Waals surface area (Å²) in [5.41, 5.74) is 6.69. The lowest BCUT2D eigenvalue weighted by molar-refractivity contribution is 0.0420. The van der Waals surface area contributed by atoms with Gasteiger partial charge < -0.3 is 10.6 Å². The molecule has 2 atom stereocenters. The van der Waals surface area contributed by atoms with E-state index < -0.39 is 0 Å². The van der Waals surface area contributed by atoms with E-state index in [-0.39, 0.29) is 5.54 Å². The van der Waals surface area contributed by atoms with Crippen LogP contribution in [0.5, 0.6) is 0 Å². The van der Waals surface area contributed by atoms with Crippen molar-refractivity contribution < 1.29 is 0 Å². The Morgan fingerprint density at radius 1 is 1.38 bits per heavy atom. The number of likely N-dealkylation sites (N-methyl/N-ethyl adjacent to an activating group) is 1. The Hall–Kier alpha value is -0.120. The number of likely N-dealkylation sites (tertiary alicyclic amines) is 2. The molecule has 0 saturated carbocycles. The van der Waals surface area contributed by atoms with Crippen LogP contribution in [0.4, 0.5) is 0 Å². The second-order valence-corrected chi connectivity index (χ2v) is 6.46. The first-order valence-electron chi connectivity index (χ1n) is 6.59. The van der Waals surface area contributed by atoms with E-state index in [0.717, 1.165) is 13.1 Å². The van der Waals surface area contributed by atoms with Crippen molar-refractivity contribution >= 4 is 0 Å². The monoisotopic (exact) mass is 225 g/mol. The van der Waals surface area contributed by atoms with Crippen LogP contribution >= 0.6 is 0 Å². The zero-order valence-electron chi connectivity index (χ0n) is 11.3. The number of nitrogens with zero attached hydrogens (tertiary/aromatic N) is 2. The number of hydrogen-bond donors (Lipinski definition) is 1. The highest BCUT2D eigenvalue weighted by molar-refractivity contribution is 5.08. The zero-order chi connectivity index (χ0) is 12.0. The minimum absolute atomic E-state index is 0.230. The van der Waals surface area contributed by atoms with Gasteiger partial charge in [0, 0.05) is 30.2 Å². The third kappa shape index (κ3) is 1.79. The highest BCUT2D eigenvalue weighted by Crippen LogP contribution is 2.40. The molecular weight excluding hydrogens is 198 g/mol. The van der Waals surface area contributed by atoms with Crippen molar-refractivity contribution in [3.8, 4) is 0 Å². The fourth-order valence-corrected chi connectivity index (χ4v) is 3.83. The van der Waals surface area contributed by atoms with E-state index in [1.807, 2.05) is 0 Å². The fraction of sp³-hybridized carbons (Fsp3) is 1.00. The normalized spacial score (nSPS) is 40.7. The van der Waals surface area contributed by atoms with Crippen molar-refractivity contribution in [2.75, 3.05) is 26.7 Å². The summed E-state index contributed by atoms with van der Waals surface area (Å²) in [6.45, 7) is 10.2. The lowest BCUT2D eigenvalue weighted by Gasteiger charge is -2.46. The lowest BCUT2D eigenvalue weighted by atomic mass is 9.89. The van der Waals surface area contributed by atoms with Crippen LogP contribution in [0.3, 0.4) is 0 Å². The van der Waals surface area contributed by atoms with Crippen LogP contribution in [0, 0.1) is 0 Å². The van der Waals surface area contributed by atoms with E-state index in [0.29, 0.717) is 11.6 Å². The summed E-state index contributed by atoms with van der Waals surface area (Å²) in [6.07, 6.45) is 3.86. The molecule has 2 unspecified atom stereocenters. The summed E-state index contributed by atoms with van der Waals surface area (Å²) in [4.78, 5) is 5.15. The third-order valence-corrected chi connectivity index (χ3v) is 4.83. The molecule has 2 heterocycles. The Bertz CT molecular complexity index is 252. The first-order chi connectivity index (χ1) is 7.41. The van der Waals surface area contributed by atoms with Crippen LogP contribution in [0.25, 0.3) is 0 Å². The van der Waals surface area contributed by atoms with Gasteiger partial charge in [-0.15, -0.1) is 0 Å². The number of nitrogens with two attached hydrogens (primary N) is 1. The van der Waals surface area contributed by atoms with E-state index in [9.17, 15) is 0 Å². The maximum atomic E-state index is 6.13. The Labute approximate surface area is 100.0 Å². The molecule has 2 aliphatic heterocycles. The molecular formula is C13H27N3. The highest BCUT2D eigenvalue weighted by atomic mass is 15.3. The third-order valence-electron chi connectivity index (χ3n) is 4.83. The minimum atomic E-state index is 0.230. The predicted octanol–water partition coefficient (Wildman–Crippen LogP) is 1.28.